The largest absolute Gasteiger partial charge is 0.492 e. The molecule has 0 aromatic heterocycles. The SMILES string of the molecule is Fc1ccc(OCCc2ccccc2)c(C#CCCCl)c1. The Hall–Kier alpha value is -1.98. The summed E-state index contributed by atoms with van der Waals surface area (Å²) in [6.07, 6.45) is 1.37. The first kappa shape index (κ1) is 15.4. The summed E-state index contributed by atoms with van der Waals surface area (Å²) in [5.41, 5.74) is 1.77. The predicted octanol–water partition coefficient (Wildman–Crippen LogP) is 4.43. The topological polar surface area (TPSA) is 9.23 Å². The lowest BCUT2D eigenvalue weighted by atomic mass is 10.1. The standard InChI is InChI=1S/C18H16ClFO/c19-12-5-4-8-16-14-17(20)9-10-18(16)21-13-11-15-6-2-1-3-7-15/h1-3,6-7,9-10,14H,5,11-13H2. The number of hydrogen-bond acceptors (Lipinski definition) is 1. The number of benzene rings is 2. The molecule has 0 radical (unpaired) electrons. The summed E-state index contributed by atoms with van der Waals surface area (Å²) in [5.74, 6) is 6.55. The van der Waals surface area contributed by atoms with Gasteiger partial charge in [0.1, 0.15) is 11.6 Å². The number of rotatable bonds is 5. The van der Waals surface area contributed by atoms with Gasteiger partial charge in [0.25, 0.3) is 0 Å². The maximum Gasteiger partial charge on any atom is 0.135 e. The van der Waals surface area contributed by atoms with Gasteiger partial charge in [-0.1, -0.05) is 42.2 Å². The Morgan fingerprint density at radius 2 is 1.90 bits per heavy atom. The molecule has 0 aliphatic carbocycles. The molecule has 0 bridgehead atoms. The van der Waals surface area contributed by atoms with E-state index in [4.69, 9.17) is 16.3 Å². The van der Waals surface area contributed by atoms with E-state index in [0.717, 1.165) is 6.42 Å². The molecule has 2 aromatic rings. The van der Waals surface area contributed by atoms with Crippen LogP contribution in [-0.2, 0) is 6.42 Å². The van der Waals surface area contributed by atoms with Gasteiger partial charge >= 0.3 is 0 Å². The molecule has 0 N–H and O–H groups in total. The Morgan fingerprint density at radius 3 is 2.67 bits per heavy atom. The second-order valence-electron chi connectivity index (χ2n) is 4.47. The molecule has 0 saturated carbocycles. The Kier molecular flexibility index (Phi) is 6.12. The third-order valence-electron chi connectivity index (χ3n) is 2.88. The molecule has 0 amide bonds. The minimum Gasteiger partial charge on any atom is -0.492 e. The molecule has 1 nitrogen and oxygen atoms in total. The van der Waals surface area contributed by atoms with Crippen LogP contribution in [-0.4, -0.2) is 12.5 Å². The lowest BCUT2D eigenvalue weighted by Gasteiger charge is -2.08. The van der Waals surface area contributed by atoms with Gasteiger partial charge in [-0.05, 0) is 23.8 Å². The Balaban J connectivity index is 2.01. The van der Waals surface area contributed by atoms with Crippen LogP contribution in [0.4, 0.5) is 4.39 Å². The summed E-state index contributed by atoms with van der Waals surface area (Å²) in [4.78, 5) is 0. The quantitative estimate of drug-likeness (QED) is 0.586. The summed E-state index contributed by atoms with van der Waals surface area (Å²) in [5, 5.41) is 0. The minimum absolute atomic E-state index is 0.319. The van der Waals surface area contributed by atoms with Crippen molar-refractivity contribution in [1.82, 2.24) is 0 Å². The van der Waals surface area contributed by atoms with Gasteiger partial charge in [-0.2, -0.15) is 0 Å². The van der Waals surface area contributed by atoms with Crippen molar-refractivity contribution >= 4 is 11.6 Å². The van der Waals surface area contributed by atoms with Gasteiger partial charge in [-0.3, -0.25) is 0 Å². The van der Waals surface area contributed by atoms with Crippen LogP contribution in [0, 0.1) is 17.7 Å². The van der Waals surface area contributed by atoms with E-state index in [-0.39, 0.29) is 5.82 Å². The number of alkyl halides is 1. The molecule has 0 atom stereocenters. The van der Waals surface area contributed by atoms with Crippen molar-refractivity contribution in [3.63, 3.8) is 0 Å². The highest BCUT2D eigenvalue weighted by atomic mass is 35.5. The number of hydrogen-bond donors (Lipinski definition) is 0. The van der Waals surface area contributed by atoms with Crippen molar-refractivity contribution in [2.75, 3.05) is 12.5 Å². The van der Waals surface area contributed by atoms with Crippen molar-refractivity contribution < 1.29 is 9.13 Å². The van der Waals surface area contributed by atoms with Crippen LogP contribution in [0.25, 0.3) is 0 Å². The Labute approximate surface area is 129 Å². The second kappa shape index (κ2) is 8.34. The van der Waals surface area contributed by atoms with Crippen molar-refractivity contribution in [2.45, 2.75) is 12.8 Å². The van der Waals surface area contributed by atoms with E-state index in [2.05, 4.69) is 24.0 Å². The molecule has 2 aromatic carbocycles. The third-order valence-corrected chi connectivity index (χ3v) is 3.06. The summed E-state index contributed by atoms with van der Waals surface area (Å²) < 4.78 is 19.0. The van der Waals surface area contributed by atoms with E-state index >= 15 is 0 Å². The predicted molar refractivity (Wildman–Crippen MR) is 84.3 cm³/mol. The zero-order chi connectivity index (χ0) is 14.9. The number of ether oxygens (including phenoxy) is 1. The van der Waals surface area contributed by atoms with Crippen LogP contribution in [0.5, 0.6) is 5.75 Å². The maximum atomic E-state index is 13.3. The second-order valence-corrected chi connectivity index (χ2v) is 4.84. The van der Waals surface area contributed by atoms with Crippen LogP contribution in [0.1, 0.15) is 17.5 Å². The highest BCUT2D eigenvalue weighted by Crippen LogP contribution is 2.19. The molecule has 21 heavy (non-hydrogen) atoms. The van der Waals surface area contributed by atoms with Gasteiger partial charge in [0, 0.05) is 18.7 Å². The third kappa shape index (κ3) is 5.13. The fraction of sp³-hybridized carbons (Fsp3) is 0.222. The average molecular weight is 303 g/mol. The smallest absolute Gasteiger partial charge is 0.135 e. The molecule has 0 spiro atoms. The average Bonchev–Trinajstić information content (AvgIpc) is 2.51. The molecular formula is C18H16ClFO. The first-order valence-corrected chi connectivity index (χ1v) is 7.34. The molecule has 0 heterocycles. The molecule has 0 aliphatic heterocycles. The molecule has 2 rings (SSSR count). The van der Waals surface area contributed by atoms with Gasteiger partial charge in [-0.25, -0.2) is 4.39 Å². The highest BCUT2D eigenvalue weighted by molar-refractivity contribution is 6.18. The van der Waals surface area contributed by atoms with E-state index in [1.807, 2.05) is 18.2 Å². The van der Waals surface area contributed by atoms with Crippen molar-refractivity contribution in [3.8, 4) is 17.6 Å². The molecule has 3 heteroatoms. The Bertz CT molecular complexity index is 629. The summed E-state index contributed by atoms with van der Waals surface area (Å²) in [6, 6.07) is 14.5. The van der Waals surface area contributed by atoms with E-state index in [9.17, 15) is 4.39 Å². The van der Waals surface area contributed by atoms with Crippen molar-refractivity contribution in [2.24, 2.45) is 0 Å². The molecule has 0 fully saturated rings. The van der Waals surface area contributed by atoms with Crippen LogP contribution in [0.3, 0.4) is 0 Å². The molecular weight excluding hydrogens is 287 g/mol. The van der Waals surface area contributed by atoms with Crippen LogP contribution in [0.2, 0.25) is 0 Å². The zero-order valence-corrected chi connectivity index (χ0v) is 12.4. The van der Waals surface area contributed by atoms with Crippen LogP contribution < -0.4 is 4.74 Å². The fourth-order valence-electron chi connectivity index (χ4n) is 1.85. The fourth-order valence-corrected chi connectivity index (χ4v) is 1.95. The van der Waals surface area contributed by atoms with Crippen LogP contribution >= 0.6 is 11.6 Å². The molecule has 0 saturated heterocycles. The first-order chi connectivity index (χ1) is 10.3. The maximum absolute atomic E-state index is 13.3. The van der Waals surface area contributed by atoms with Gasteiger partial charge < -0.3 is 4.74 Å². The van der Waals surface area contributed by atoms with Gasteiger partial charge in [0.15, 0.2) is 0 Å². The minimum atomic E-state index is -0.319. The van der Waals surface area contributed by atoms with Gasteiger partial charge in [0.2, 0.25) is 0 Å². The monoisotopic (exact) mass is 302 g/mol. The lowest BCUT2D eigenvalue weighted by molar-refractivity contribution is 0.320. The van der Waals surface area contributed by atoms with Gasteiger partial charge in [0.05, 0.1) is 12.2 Å². The summed E-state index contributed by atoms with van der Waals surface area (Å²) in [7, 11) is 0. The molecule has 108 valence electrons. The molecule has 0 unspecified atom stereocenters. The first-order valence-electron chi connectivity index (χ1n) is 6.80. The lowest BCUT2D eigenvalue weighted by Crippen LogP contribution is -2.02. The summed E-state index contributed by atoms with van der Waals surface area (Å²) in [6.45, 7) is 0.528. The summed E-state index contributed by atoms with van der Waals surface area (Å²) >= 11 is 5.58. The zero-order valence-electron chi connectivity index (χ0n) is 11.6. The van der Waals surface area contributed by atoms with E-state index in [0.29, 0.717) is 30.2 Å². The van der Waals surface area contributed by atoms with Crippen molar-refractivity contribution in [3.05, 3.63) is 65.5 Å². The highest BCUT2D eigenvalue weighted by Gasteiger charge is 2.03. The normalized spacial score (nSPS) is 9.81. The van der Waals surface area contributed by atoms with E-state index < -0.39 is 0 Å². The number of halogens is 2. The van der Waals surface area contributed by atoms with Gasteiger partial charge in [-0.15, -0.1) is 11.6 Å². The van der Waals surface area contributed by atoms with E-state index in [1.165, 1.54) is 17.7 Å². The van der Waals surface area contributed by atoms with Crippen LogP contribution in [0.15, 0.2) is 48.5 Å². The Morgan fingerprint density at radius 1 is 1.10 bits per heavy atom. The molecule has 0 aliphatic rings. The van der Waals surface area contributed by atoms with Crippen molar-refractivity contribution in [1.29, 1.82) is 0 Å². The van der Waals surface area contributed by atoms with E-state index in [1.54, 1.807) is 6.07 Å².